The molecule has 49 heavy (non-hydrogen) atoms. The van der Waals surface area contributed by atoms with Crippen LogP contribution in [0.2, 0.25) is 5.02 Å². The zero-order chi connectivity index (χ0) is 34.2. The van der Waals surface area contributed by atoms with Gasteiger partial charge in [-0.15, -0.1) is 0 Å². The molecule has 2 aliphatic carbocycles. The third-order valence-electron chi connectivity index (χ3n) is 10.7. The summed E-state index contributed by atoms with van der Waals surface area (Å²) < 4.78 is 0. The van der Waals surface area contributed by atoms with Gasteiger partial charge in [0.25, 0.3) is 5.69 Å². The molecule has 4 aliphatic rings. The van der Waals surface area contributed by atoms with Crippen LogP contribution in [0.5, 0.6) is 5.75 Å². The number of para-hydroxylation sites is 1. The number of carbonyl (C=O) groups excluding carboxylic acids is 4. The van der Waals surface area contributed by atoms with Crippen LogP contribution in [-0.4, -0.2) is 33.7 Å². The highest BCUT2D eigenvalue weighted by atomic mass is 35.5. The molecule has 4 aromatic carbocycles. The summed E-state index contributed by atoms with van der Waals surface area (Å²) in [5, 5.41) is 23.0. The van der Waals surface area contributed by atoms with Crippen molar-refractivity contribution in [3.63, 3.8) is 0 Å². The minimum absolute atomic E-state index is 0.0620. The highest BCUT2D eigenvalue weighted by Gasteiger charge is 2.70. The maximum Gasteiger partial charge on any atom is 0.269 e. The van der Waals surface area contributed by atoms with Gasteiger partial charge in [0.15, 0.2) is 0 Å². The van der Waals surface area contributed by atoms with Gasteiger partial charge in [0.2, 0.25) is 23.6 Å². The van der Waals surface area contributed by atoms with Gasteiger partial charge in [0.1, 0.15) is 5.75 Å². The summed E-state index contributed by atoms with van der Waals surface area (Å²) >= 11 is 6.35. The van der Waals surface area contributed by atoms with Crippen molar-refractivity contribution in [2.75, 3.05) is 9.80 Å². The van der Waals surface area contributed by atoms with Gasteiger partial charge in [-0.25, -0.2) is 4.90 Å². The Kier molecular flexibility index (Phi) is 7.04. The second-order valence-electron chi connectivity index (χ2n) is 12.9. The summed E-state index contributed by atoms with van der Waals surface area (Å²) in [5.41, 5.74) is 0.606. The van der Waals surface area contributed by atoms with Gasteiger partial charge in [-0.3, -0.25) is 34.2 Å². The fraction of sp³-hybridized carbons (Fsp3) is 0.211. The number of anilines is 2. The van der Waals surface area contributed by atoms with Crippen LogP contribution in [0.1, 0.15) is 29.9 Å². The predicted molar refractivity (Wildman–Crippen MR) is 180 cm³/mol. The van der Waals surface area contributed by atoms with Crippen LogP contribution >= 0.6 is 11.6 Å². The first kappa shape index (κ1) is 30.7. The van der Waals surface area contributed by atoms with E-state index in [1.54, 1.807) is 42.5 Å². The summed E-state index contributed by atoms with van der Waals surface area (Å²) in [5.74, 6) is -5.92. The van der Waals surface area contributed by atoms with Gasteiger partial charge in [-0.2, -0.15) is 0 Å². The van der Waals surface area contributed by atoms with E-state index in [2.05, 4.69) is 0 Å². The topological polar surface area (TPSA) is 138 Å². The third-order valence-corrected chi connectivity index (χ3v) is 11.0. The molecule has 2 aliphatic heterocycles. The lowest BCUT2D eigenvalue weighted by Crippen LogP contribution is -2.53. The van der Waals surface area contributed by atoms with Crippen molar-refractivity contribution in [3.05, 3.63) is 141 Å². The Labute approximate surface area is 285 Å². The number of hydrogen-bond donors (Lipinski definition) is 1. The number of carbonyl (C=O) groups is 4. The summed E-state index contributed by atoms with van der Waals surface area (Å²) in [4.78, 5) is 71.2. The molecule has 1 saturated carbocycles. The Morgan fingerprint density at radius 3 is 2.18 bits per heavy atom. The molecule has 0 radical (unpaired) electrons. The van der Waals surface area contributed by atoms with Crippen molar-refractivity contribution in [2.24, 2.45) is 23.7 Å². The fourth-order valence-electron chi connectivity index (χ4n) is 8.80. The van der Waals surface area contributed by atoms with Crippen molar-refractivity contribution in [2.45, 2.75) is 24.2 Å². The van der Waals surface area contributed by atoms with Crippen LogP contribution in [0.4, 0.5) is 17.1 Å². The molecular weight excluding hydrogens is 646 g/mol. The lowest BCUT2D eigenvalue weighted by Gasteiger charge is -2.50. The van der Waals surface area contributed by atoms with Crippen LogP contribution in [0.3, 0.4) is 0 Å². The quantitative estimate of drug-likeness (QED) is 0.113. The fourth-order valence-corrected chi connectivity index (χ4v) is 8.98. The van der Waals surface area contributed by atoms with E-state index in [0.717, 1.165) is 4.90 Å². The molecule has 4 amide bonds. The number of phenolic OH excluding ortho intramolecular Hbond substituents is 1. The predicted octanol–water partition coefficient (Wildman–Crippen LogP) is 6.32. The number of non-ortho nitro benzene ring substituents is 1. The molecule has 0 spiro atoms. The molecule has 8 rings (SSSR count). The number of nitro benzene ring substituents is 1. The van der Waals surface area contributed by atoms with Crippen LogP contribution in [0.25, 0.3) is 0 Å². The second-order valence-corrected chi connectivity index (χ2v) is 13.4. The maximum absolute atomic E-state index is 15.2. The molecule has 0 unspecified atom stereocenters. The lowest BCUT2D eigenvalue weighted by molar-refractivity contribution is -0.384. The highest BCUT2D eigenvalue weighted by Crippen LogP contribution is 2.65. The third kappa shape index (κ3) is 4.33. The van der Waals surface area contributed by atoms with Gasteiger partial charge in [-0.1, -0.05) is 77.8 Å². The first-order chi connectivity index (χ1) is 23.6. The van der Waals surface area contributed by atoms with Crippen molar-refractivity contribution >= 4 is 52.3 Å². The lowest BCUT2D eigenvalue weighted by atomic mass is 9.49. The van der Waals surface area contributed by atoms with E-state index in [4.69, 9.17) is 11.6 Å². The molecule has 6 atom stereocenters. The van der Waals surface area contributed by atoms with E-state index in [1.807, 2.05) is 36.4 Å². The minimum atomic E-state index is -1.50. The summed E-state index contributed by atoms with van der Waals surface area (Å²) in [6.07, 6.45) is 2.21. The van der Waals surface area contributed by atoms with E-state index in [9.17, 15) is 29.6 Å². The number of nitrogens with zero attached hydrogens (tertiary/aromatic N) is 3. The number of allylic oxidation sites excluding steroid dienone is 2. The minimum Gasteiger partial charge on any atom is -0.508 e. The molecular formula is C38H28ClN3O7. The van der Waals surface area contributed by atoms with Gasteiger partial charge >= 0.3 is 0 Å². The molecule has 2 saturated heterocycles. The van der Waals surface area contributed by atoms with Crippen LogP contribution < -0.4 is 9.80 Å². The first-order valence-corrected chi connectivity index (χ1v) is 16.3. The average molecular weight is 674 g/mol. The molecule has 244 valence electrons. The number of halogens is 1. The van der Waals surface area contributed by atoms with E-state index in [0.29, 0.717) is 27.4 Å². The Balaban J connectivity index is 1.32. The largest absolute Gasteiger partial charge is 0.508 e. The number of rotatable bonds is 5. The Morgan fingerprint density at radius 1 is 0.776 bits per heavy atom. The molecule has 11 heteroatoms. The highest BCUT2D eigenvalue weighted by molar-refractivity contribution is 6.32. The number of fused-ring (bicyclic) bond motifs is 4. The van der Waals surface area contributed by atoms with Crippen molar-refractivity contribution in [1.29, 1.82) is 0 Å². The molecule has 2 heterocycles. The summed E-state index contributed by atoms with van der Waals surface area (Å²) in [7, 11) is 0. The standard InChI is InChI=1S/C38H28ClN3O7/c39-22-9-6-10-25(19-22)41-35(45)30-20-29-26(17-18-28-32(29)36(46)40(34(28)44)23-13-15-24(16-14-23)42(48)49)33(27-11-4-5-12-31(27)43)38(30,37(41)47)21-7-2-1-3-8-21/h1-17,19,28-30,32-33,43H,18,20H2/t28-,29+,30-,32-,33+,38+/m0/s1. The Hall–Kier alpha value is -5.61. The SMILES string of the molecule is O=C1[C@H]2[C@H](CC=C3[C@H]2C[C@H]2C(=O)N(c4cccc(Cl)c4)C(=O)[C@@]2(c2ccccc2)[C@H]3c2ccccc2O)C(=O)N1c1ccc([N+](=O)[O-])cc1. The van der Waals surface area contributed by atoms with Gasteiger partial charge in [0.05, 0.1) is 39.5 Å². The summed E-state index contributed by atoms with van der Waals surface area (Å²) in [6, 6.07) is 27.6. The molecule has 4 aromatic rings. The zero-order valence-electron chi connectivity index (χ0n) is 25.8. The van der Waals surface area contributed by atoms with E-state index < -0.39 is 63.6 Å². The number of phenols is 1. The zero-order valence-corrected chi connectivity index (χ0v) is 26.6. The smallest absolute Gasteiger partial charge is 0.269 e. The van der Waals surface area contributed by atoms with Gasteiger partial charge in [0, 0.05) is 28.6 Å². The number of nitro groups is 1. The Morgan fingerprint density at radius 2 is 1.49 bits per heavy atom. The Bertz CT molecular complexity index is 2120. The van der Waals surface area contributed by atoms with E-state index in [1.165, 1.54) is 35.2 Å². The molecule has 0 bridgehead atoms. The first-order valence-electron chi connectivity index (χ1n) is 15.9. The molecule has 3 fully saturated rings. The van der Waals surface area contributed by atoms with Crippen molar-refractivity contribution in [3.8, 4) is 5.75 Å². The normalized spacial score (nSPS) is 27.4. The second kappa shape index (κ2) is 11.2. The number of hydrogen-bond acceptors (Lipinski definition) is 7. The van der Waals surface area contributed by atoms with Crippen LogP contribution in [-0.2, 0) is 24.6 Å². The monoisotopic (exact) mass is 673 g/mol. The van der Waals surface area contributed by atoms with Crippen molar-refractivity contribution < 1.29 is 29.2 Å². The maximum atomic E-state index is 15.2. The van der Waals surface area contributed by atoms with Gasteiger partial charge in [-0.05, 0) is 60.7 Å². The molecule has 0 aromatic heterocycles. The molecule has 10 nitrogen and oxygen atoms in total. The number of aromatic hydroxyl groups is 1. The van der Waals surface area contributed by atoms with Gasteiger partial charge < -0.3 is 5.11 Å². The number of imide groups is 2. The number of benzene rings is 4. The van der Waals surface area contributed by atoms with Crippen LogP contribution in [0, 0.1) is 33.8 Å². The van der Waals surface area contributed by atoms with E-state index in [-0.39, 0.29) is 30.0 Å². The van der Waals surface area contributed by atoms with Crippen LogP contribution in [0.15, 0.2) is 115 Å². The number of amides is 4. The van der Waals surface area contributed by atoms with Crippen molar-refractivity contribution in [1.82, 2.24) is 0 Å². The summed E-state index contributed by atoms with van der Waals surface area (Å²) in [6.45, 7) is 0. The molecule has 1 N–H and O–H groups in total. The average Bonchev–Trinajstić information content (AvgIpc) is 3.49. The van der Waals surface area contributed by atoms with E-state index >= 15 is 4.79 Å².